The molecule has 0 spiro atoms. The van der Waals surface area contributed by atoms with Gasteiger partial charge in [-0.3, -0.25) is 9.78 Å². The van der Waals surface area contributed by atoms with E-state index in [1.165, 1.54) is 6.07 Å². The van der Waals surface area contributed by atoms with Crippen LogP contribution in [0.2, 0.25) is 0 Å². The van der Waals surface area contributed by atoms with Gasteiger partial charge in [0.05, 0.1) is 18.9 Å². The van der Waals surface area contributed by atoms with Crippen molar-refractivity contribution in [2.75, 3.05) is 49.6 Å². The van der Waals surface area contributed by atoms with Gasteiger partial charge in [-0.1, -0.05) is 12.0 Å². The number of carbonyl (C=O) groups excluding carboxylic acids is 1. The fourth-order valence-corrected chi connectivity index (χ4v) is 4.63. The molecule has 3 aromatic rings. The number of hydrogen-bond acceptors (Lipinski definition) is 6. The van der Waals surface area contributed by atoms with E-state index in [-0.39, 0.29) is 5.56 Å². The van der Waals surface area contributed by atoms with Crippen molar-refractivity contribution >= 4 is 17.3 Å². The monoisotopic (exact) mass is 535 g/mol. The topological polar surface area (TPSA) is 79.4 Å². The number of aromatic nitrogens is 2. The summed E-state index contributed by atoms with van der Waals surface area (Å²) in [6.07, 6.45) is -0.867. The van der Waals surface area contributed by atoms with Crippen LogP contribution in [0.3, 0.4) is 0 Å². The number of hydrogen-bond donors (Lipinski definition) is 2. The van der Waals surface area contributed by atoms with Crippen LogP contribution in [0.25, 0.3) is 11.1 Å². The van der Waals surface area contributed by atoms with Crippen molar-refractivity contribution in [3.05, 3.63) is 71.3 Å². The molecule has 1 amide bonds. The SMILES string of the molecule is Cc1ccc(NC(=O)c2ccnc(C(F)(F)F)c2)cc1-c1cnc(C#CC2CCNC2)c(N2CCOCC2)c1. The number of nitrogens with one attached hydrogen (secondary N) is 2. The predicted molar refractivity (Wildman–Crippen MR) is 142 cm³/mol. The van der Waals surface area contributed by atoms with Gasteiger partial charge in [-0.2, -0.15) is 13.2 Å². The quantitative estimate of drug-likeness (QED) is 0.479. The molecule has 0 bridgehead atoms. The summed E-state index contributed by atoms with van der Waals surface area (Å²) in [6.45, 7) is 6.50. The molecule has 2 N–H and O–H groups in total. The second-order valence-electron chi connectivity index (χ2n) is 9.56. The molecule has 7 nitrogen and oxygen atoms in total. The molecule has 1 atom stereocenters. The zero-order valence-corrected chi connectivity index (χ0v) is 21.4. The largest absolute Gasteiger partial charge is 0.433 e. The van der Waals surface area contributed by atoms with E-state index < -0.39 is 17.8 Å². The van der Waals surface area contributed by atoms with Crippen LogP contribution >= 0.6 is 0 Å². The number of halogens is 3. The summed E-state index contributed by atoms with van der Waals surface area (Å²) < 4.78 is 44.7. The molecular weight excluding hydrogens is 507 g/mol. The minimum absolute atomic E-state index is 0.129. The summed E-state index contributed by atoms with van der Waals surface area (Å²) >= 11 is 0. The summed E-state index contributed by atoms with van der Waals surface area (Å²) in [6, 6.07) is 9.42. The summed E-state index contributed by atoms with van der Waals surface area (Å²) in [5.41, 5.74) is 3.51. The van der Waals surface area contributed by atoms with Gasteiger partial charge in [-0.25, -0.2) is 4.98 Å². The van der Waals surface area contributed by atoms with Gasteiger partial charge >= 0.3 is 6.18 Å². The molecule has 2 saturated heterocycles. The first-order chi connectivity index (χ1) is 18.8. The molecule has 5 rings (SSSR count). The van der Waals surface area contributed by atoms with Crippen LogP contribution in [0.4, 0.5) is 24.5 Å². The lowest BCUT2D eigenvalue weighted by Crippen LogP contribution is -2.36. The highest BCUT2D eigenvalue weighted by atomic mass is 19.4. The molecule has 0 aliphatic carbocycles. The Labute approximate surface area is 224 Å². The molecule has 0 radical (unpaired) electrons. The maximum atomic E-state index is 13.0. The van der Waals surface area contributed by atoms with Gasteiger partial charge in [0, 0.05) is 54.8 Å². The third kappa shape index (κ3) is 6.38. The molecule has 2 aromatic heterocycles. The van der Waals surface area contributed by atoms with E-state index in [0.717, 1.165) is 67.2 Å². The molecule has 2 aliphatic rings. The second-order valence-corrected chi connectivity index (χ2v) is 9.56. The summed E-state index contributed by atoms with van der Waals surface area (Å²) in [4.78, 5) is 23.0. The zero-order chi connectivity index (χ0) is 27.4. The average Bonchev–Trinajstić information content (AvgIpc) is 3.47. The second kappa shape index (κ2) is 11.4. The number of ether oxygens (including phenoxy) is 1. The molecule has 2 fully saturated rings. The number of anilines is 2. The number of morpholine rings is 1. The summed E-state index contributed by atoms with van der Waals surface area (Å²) in [5.74, 6) is 6.29. The predicted octanol–water partition coefficient (Wildman–Crippen LogP) is 4.52. The maximum absolute atomic E-state index is 13.0. The molecule has 1 unspecified atom stereocenters. The Bertz CT molecular complexity index is 1420. The molecule has 4 heterocycles. The molecular formula is C29H28F3N5O2. The van der Waals surface area contributed by atoms with Gasteiger partial charge in [0.25, 0.3) is 5.91 Å². The van der Waals surface area contributed by atoms with Crippen molar-refractivity contribution < 1.29 is 22.7 Å². The minimum Gasteiger partial charge on any atom is -0.378 e. The van der Waals surface area contributed by atoms with E-state index in [1.807, 2.05) is 13.0 Å². The van der Waals surface area contributed by atoms with Crippen LogP contribution in [0.5, 0.6) is 0 Å². The number of carbonyl (C=O) groups is 1. The van der Waals surface area contributed by atoms with E-state index in [4.69, 9.17) is 9.72 Å². The van der Waals surface area contributed by atoms with E-state index in [0.29, 0.717) is 30.5 Å². The zero-order valence-electron chi connectivity index (χ0n) is 21.4. The van der Waals surface area contributed by atoms with Crippen LogP contribution in [0.15, 0.2) is 48.8 Å². The fraction of sp³-hybridized carbons (Fsp3) is 0.345. The molecule has 202 valence electrons. The smallest absolute Gasteiger partial charge is 0.378 e. The van der Waals surface area contributed by atoms with E-state index in [2.05, 4.69) is 38.4 Å². The fourth-order valence-electron chi connectivity index (χ4n) is 4.63. The van der Waals surface area contributed by atoms with Gasteiger partial charge in [0.1, 0.15) is 11.4 Å². The van der Waals surface area contributed by atoms with E-state index >= 15 is 0 Å². The maximum Gasteiger partial charge on any atom is 0.433 e. The number of rotatable bonds is 4. The van der Waals surface area contributed by atoms with Gasteiger partial charge in [0.2, 0.25) is 0 Å². The van der Waals surface area contributed by atoms with Crippen molar-refractivity contribution in [1.82, 2.24) is 15.3 Å². The number of aryl methyl sites for hydroxylation is 1. The van der Waals surface area contributed by atoms with Crippen molar-refractivity contribution in [1.29, 1.82) is 0 Å². The third-order valence-electron chi connectivity index (χ3n) is 6.79. The molecule has 0 saturated carbocycles. The summed E-state index contributed by atoms with van der Waals surface area (Å²) in [7, 11) is 0. The van der Waals surface area contributed by atoms with Crippen molar-refractivity contribution in [2.45, 2.75) is 19.5 Å². The number of alkyl halides is 3. The van der Waals surface area contributed by atoms with Crippen molar-refractivity contribution in [3.63, 3.8) is 0 Å². The van der Waals surface area contributed by atoms with E-state index in [1.54, 1.807) is 18.3 Å². The number of amides is 1. The van der Waals surface area contributed by atoms with Crippen LogP contribution in [-0.4, -0.2) is 55.3 Å². The first-order valence-electron chi connectivity index (χ1n) is 12.8. The molecule has 1 aromatic carbocycles. The first kappa shape index (κ1) is 26.7. The Hall–Kier alpha value is -3.94. The van der Waals surface area contributed by atoms with Crippen LogP contribution in [0, 0.1) is 24.7 Å². The lowest BCUT2D eigenvalue weighted by molar-refractivity contribution is -0.141. The average molecular weight is 536 g/mol. The Morgan fingerprint density at radius 3 is 2.72 bits per heavy atom. The normalized spacial score (nSPS) is 17.4. The Balaban J connectivity index is 1.44. The van der Waals surface area contributed by atoms with Gasteiger partial charge in [0.15, 0.2) is 0 Å². The Morgan fingerprint density at radius 1 is 1.15 bits per heavy atom. The van der Waals surface area contributed by atoms with Crippen LogP contribution in [-0.2, 0) is 10.9 Å². The standard InChI is InChI=1S/C29H28F3N5O2/c1-19-2-4-23(36-28(38)21-7-9-34-27(15-21)29(30,31)32)16-24(19)22-14-26(37-10-12-39-13-11-37)25(35-18-22)5-3-20-6-8-33-17-20/h2,4,7,9,14-16,18,20,33H,6,8,10-13,17H2,1H3,(H,36,38). The highest BCUT2D eigenvalue weighted by Gasteiger charge is 2.33. The van der Waals surface area contributed by atoms with Gasteiger partial charge in [-0.15, -0.1) is 0 Å². The van der Waals surface area contributed by atoms with Crippen LogP contribution in [0.1, 0.15) is 33.7 Å². The van der Waals surface area contributed by atoms with Crippen LogP contribution < -0.4 is 15.5 Å². The molecule has 10 heteroatoms. The van der Waals surface area contributed by atoms with Gasteiger partial charge < -0.3 is 20.3 Å². The Kier molecular flexibility index (Phi) is 7.82. The van der Waals surface area contributed by atoms with Crippen molar-refractivity contribution in [2.24, 2.45) is 5.92 Å². The highest BCUT2D eigenvalue weighted by molar-refractivity contribution is 6.04. The lowest BCUT2D eigenvalue weighted by atomic mass is 10.00. The lowest BCUT2D eigenvalue weighted by Gasteiger charge is -2.29. The summed E-state index contributed by atoms with van der Waals surface area (Å²) in [5, 5.41) is 6.03. The minimum atomic E-state index is -4.64. The highest BCUT2D eigenvalue weighted by Crippen LogP contribution is 2.32. The first-order valence-corrected chi connectivity index (χ1v) is 12.8. The van der Waals surface area contributed by atoms with Gasteiger partial charge in [-0.05, 0) is 67.3 Å². The van der Waals surface area contributed by atoms with Crippen molar-refractivity contribution in [3.8, 4) is 23.0 Å². The number of nitrogens with zero attached hydrogens (tertiary/aromatic N) is 3. The Morgan fingerprint density at radius 2 is 1.97 bits per heavy atom. The third-order valence-corrected chi connectivity index (χ3v) is 6.79. The number of benzene rings is 1. The van der Waals surface area contributed by atoms with E-state index in [9.17, 15) is 18.0 Å². The number of pyridine rings is 2. The molecule has 2 aliphatic heterocycles. The molecule has 39 heavy (non-hydrogen) atoms.